The first-order chi connectivity index (χ1) is 8.00. The van der Waals surface area contributed by atoms with Gasteiger partial charge in [-0.2, -0.15) is 0 Å². The molecule has 0 amide bonds. The molecular formula is C14H24ClN3. The number of nitrogens with zero attached hydrogens (tertiary/aromatic N) is 2. The Balaban J connectivity index is 3.01. The van der Waals surface area contributed by atoms with Gasteiger partial charge in [-0.15, -0.1) is 0 Å². The minimum Gasteiger partial charge on any atom is -0.367 e. The third-order valence-corrected chi connectivity index (χ3v) is 3.22. The minimum absolute atomic E-state index is 0.105. The van der Waals surface area contributed by atoms with Crippen LogP contribution in [0.4, 0.5) is 5.82 Å². The van der Waals surface area contributed by atoms with Crippen LogP contribution in [-0.2, 0) is 5.41 Å². The van der Waals surface area contributed by atoms with Crippen LogP contribution in [0.5, 0.6) is 0 Å². The highest BCUT2D eigenvalue weighted by Gasteiger charge is 2.22. The first-order valence-corrected chi connectivity index (χ1v) is 6.69. The first-order valence-electron chi connectivity index (χ1n) is 6.32. The van der Waals surface area contributed by atoms with E-state index in [1.165, 1.54) is 0 Å². The van der Waals surface area contributed by atoms with Crippen molar-refractivity contribution in [3.05, 3.63) is 17.0 Å². The lowest BCUT2D eigenvalue weighted by Crippen LogP contribution is -2.31. The van der Waals surface area contributed by atoms with Crippen LogP contribution in [-0.4, -0.2) is 16.0 Å². The molecule has 0 aliphatic heterocycles. The zero-order valence-corrected chi connectivity index (χ0v) is 13.2. The zero-order chi connectivity index (χ0) is 14.1. The Morgan fingerprint density at radius 2 is 1.67 bits per heavy atom. The SMILES string of the molecule is CC(Nc1cc(Cl)nc(C(C)(C)C)n1)C(C)(C)C. The number of hydrogen-bond acceptors (Lipinski definition) is 3. The molecule has 4 heteroatoms. The van der Waals surface area contributed by atoms with Crippen LogP contribution in [0, 0.1) is 5.41 Å². The molecular weight excluding hydrogens is 246 g/mol. The fourth-order valence-corrected chi connectivity index (χ4v) is 1.45. The van der Waals surface area contributed by atoms with E-state index in [2.05, 4.69) is 63.8 Å². The molecule has 0 saturated carbocycles. The standard InChI is InChI=1S/C14H24ClN3/c1-9(13(2,3)4)16-11-8-10(15)17-12(18-11)14(5,6)7/h8-9H,1-7H3,(H,16,17,18). The lowest BCUT2D eigenvalue weighted by Gasteiger charge is -2.29. The molecule has 0 aromatic carbocycles. The number of hydrogen-bond donors (Lipinski definition) is 1. The van der Waals surface area contributed by atoms with Crippen molar-refractivity contribution in [2.24, 2.45) is 5.41 Å². The molecule has 1 heterocycles. The molecule has 102 valence electrons. The van der Waals surface area contributed by atoms with Crippen LogP contribution in [0.3, 0.4) is 0 Å². The van der Waals surface area contributed by atoms with E-state index in [1.54, 1.807) is 6.07 Å². The number of anilines is 1. The van der Waals surface area contributed by atoms with E-state index < -0.39 is 0 Å². The summed E-state index contributed by atoms with van der Waals surface area (Å²) in [4.78, 5) is 8.84. The molecule has 3 nitrogen and oxygen atoms in total. The van der Waals surface area contributed by atoms with Gasteiger partial charge in [0.2, 0.25) is 0 Å². The van der Waals surface area contributed by atoms with Gasteiger partial charge in [0.05, 0.1) is 0 Å². The maximum Gasteiger partial charge on any atom is 0.137 e. The summed E-state index contributed by atoms with van der Waals surface area (Å²) in [6, 6.07) is 2.08. The molecule has 0 radical (unpaired) electrons. The van der Waals surface area contributed by atoms with Crippen molar-refractivity contribution in [1.82, 2.24) is 9.97 Å². The number of aromatic nitrogens is 2. The predicted molar refractivity (Wildman–Crippen MR) is 78.3 cm³/mol. The molecule has 0 aliphatic carbocycles. The number of halogens is 1. The average molecular weight is 270 g/mol. The molecule has 1 atom stereocenters. The van der Waals surface area contributed by atoms with Gasteiger partial charge in [0.25, 0.3) is 0 Å². The highest BCUT2D eigenvalue weighted by Crippen LogP contribution is 2.25. The van der Waals surface area contributed by atoms with Crippen molar-refractivity contribution in [3.63, 3.8) is 0 Å². The van der Waals surface area contributed by atoms with Gasteiger partial charge in [-0.1, -0.05) is 53.1 Å². The summed E-state index contributed by atoms with van der Waals surface area (Å²) < 4.78 is 0. The van der Waals surface area contributed by atoms with Crippen molar-refractivity contribution in [3.8, 4) is 0 Å². The highest BCUT2D eigenvalue weighted by atomic mass is 35.5. The third kappa shape index (κ3) is 4.13. The topological polar surface area (TPSA) is 37.8 Å². The molecule has 0 bridgehead atoms. The Hall–Kier alpha value is -0.830. The van der Waals surface area contributed by atoms with Crippen LogP contribution in [0.1, 0.15) is 54.3 Å². The van der Waals surface area contributed by atoms with Crippen LogP contribution in [0.25, 0.3) is 0 Å². The molecule has 0 saturated heterocycles. The fraction of sp³-hybridized carbons (Fsp3) is 0.714. The van der Waals surface area contributed by atoms with E-state index in [9.17, 15) is 0 Å². The van der Waals surface area contributed by atoms with Crippen molar-refractivity contribution in [2.45, 2.75) is 59.9 Å². The lowest BCUT2D eigenvalue weighted by atomic mass is 9.88. The van der Waals surface area contributed by atoms with E-state index in [0.29, 0.717) is 11.2 Å². The summed E-state index contributed by atoms with van der Waals surface area (Å²) in [6.45, 7) is 15.0. The molecule has 1 N–H and O–H groups in total. The van der Waals surface area contributed by atoms with Crippen molar-refractivity contribution >= 4 is 17.4 Å². The predicted octanol–water partition coefficient (Wildman–Crippen LogP) is 4.27. The fourth-order valence-electron chi connectivity index (χ4n) is 1.27. The molecule has 18 heavy (non-hydrogen) atoms. The van der Waals surface area contributed by atoms with Gasteiger partial charge in [-0.05, 0) is 12.3 Å². The van der Waals surface area contributed by atoms with Gasteiger partial charge in [0, 0.05) is 17.5 Å². The van der Waals surface area contributed by atoms with E-state index in [1.807, 2.05) is 0 Å². The molecule has 1 unspecified atom stereocenters. The first kappa shape index (κ1) is 15.2. The van der Waals surface area contributed by atoms with Gasteiger partial charge in [-0.25, -0.2) is 9.97 Å². The van der Waals surface area contributed by atoms with Gasteiger partial charge >= 0.3 is 0 Å². The largest absolute Gasteiger partial charge is 0.367 e. The Morgan fingerprint density at radius 3 is 2.11 bits per heavy atom. The van der Waals surface area contributed by atoms with E-state index in [4.69, 9.17) is 11.6 Å². The number of nitrogens with one attached hydrogen (secondary N) is 1. The quantitative estimate of drug-likeness (QED) is 0.815. The van der Waals surface area contributed by atoms with Crippen LogP contribution >= 0.6 is 11.6 Å². The van der Waals surface area contributed by atoms with Crippen molar-refractivity contribution < 1.29 is 0 Å². The summed E-state index contributed by atoms with van der Waals surface area (Å²) in [7, 11) is 0. The normalized spacial score (nSPS) is 14.4. The van der Waals surface area contributed by atoms with Gasteiger partial charge in [0.1, 0.15) is 16.8 Å². The summed E-state index contributed by atoms with van der Waals surface area (Å²) >= 11 is 6.06. The molecule has 0 spiro atoms. The summed E-state index contributed by atoms with van der Waals surface area (Å²) in [6.07, 6.45) is 0. The molecule has 1 aromatic rings. The second-order valence-corrected chi connectivity index (χ2v) is 7.27. The summed E-state index contributed by atoms with van der Waals surface area (Å²) in [5.74, 6) is 1.56. The summed E-state index contributed by atoms with van der Waals surface area (Å²) in [5, 5.41) is 3.88. The molecule has 1 rings (SSSR count). The zero-order valence-electron chi connectivity index (χ0n) is 12.4. The van der Waals surface area contributed by atoms with Crippen molar-refractivity contribution in [2.75, 3.05) is 5.32 Å². The van der Waals surface area contributed by atoms with E-state index >= 15 is 0 Å². The smallest absolute Gasteiger partial charge is 0.137 e. The lowest BCUT2D eigenvalue weighted by molar-refractivity contribution is 0.358. The average Bonchev–Trinajstić information content (AvgIpc) is 2.13. The Bertz CT molecular complexity index is 416. The molecule has 1 aromatic heterocycles. The third-order valence-electron chi connectivity index (χ3n) is 3.03. The maximum absolute atomic E-state index is 6.06. The minimum atomic E-state index is -0.105. The highest BCUT2D eigenvalue weighted by molar-refractivity contribution is 6.29. The van der Waals surface area contributed by atoms with Crippen LogP contribution in [0.15, 0.2) is 6.07 Å². The van der Waals surface area contributed by atoms with E-state index in [-0.39, 0.29) is 10.8 Å². The second kappa shape index (κ2) is 5.04. The Morgan fingerprint density at radius 1 is 1.11 bits per heavy atom. The maximum atomic E-state index is 6.06. The Labute approximate surface area is 115 Å². The summed E-state index contributed by atoms with van der Waals surface area (Å²) in [5.41, 5.74) is 0.0611. The van der Waals surface area contributed by atoms with Gasteiger partial charge in [-0.3, -0.25) is 0 Å². The van der Waals surface area contributed by atoms with Gasteiger partial charge in [0.15, 0.2) is 0 Å². The Kier molecular flexibility index (Phi) is 4.26. The van der Waals surface area contributed by atoms with E-state index in [0.717, 1.165) is 11.6 Å². The number of rotatable bonds is 2. The molecule has 0 aliphatic rings. The van der Waals surface area contributed by atoms with Gasteiger partial charge < -0.3 is 5.32 Å². The van der Waals surface area contributed by atoms with Crippen LogP contribution < -0.4 is 5.32 Å². The second-order valence-electron chi connectivity index (χ2n) is 6.88. The van der Waals surface area contributed by atoms with Crippen molar-refractivity contribution in [1.29, 1.82) is 0 Å². The monoisotopic (exact) mass is 269 g/mol. The molecule has 0 fully saturated rings. The van der Waals surface area contributed by atoms with Crippen LogP contribution in [0.2, 0.25) is 5.15 Å².